The van der Waals surface area contributed by atoms with Crippen molar-refractivity contribution in [2.75, 3.05) is 0 Å². The average Bonchev–Trinajstić information content (AvgIpc) is 2.59. The summed E-state index contributed by atoms with van der Waals surface area (Å²) >= 11 is 16.1. The largest absolute Gasteiger partial charge is 0.351 e. The molecule has 6 nitrogen and oxygen atoms in total. The summed E-state index contributed by atoms with van der Waals surface area (Å²) < 4.78 is 4.36. The van der Waals surface area contributed by atoms with Gasteiger partial charge in [-0.3, -0.25) is 4.57 Å². The fraction of sp³-hybridized carbons (Fsp3) is 0.333. The van der Waals surface area contributed by atoms with E-state index >= 15 is 0 Å². The third-order valence-electron chi connectivity index (χ3n) is 2.15. The number of aromatic nitrogens is 4. The van der Waals surface area contributed by atoms with Gasteiger partial charge in [-0.25, -0.2) is 21.5 Å². The highest BCUT2D eigenvalue weighted by molar-refractivity contribution is 7.80. The maximum absolute atomic E-state index is 11.8. The molecule has 88 valence electrons. The molecule has 1 atom stereocenters. The molecule has 0 bridgehead atoms. The molecular weight excluding hydrogens is 288 g/mol. The first-order chi connectivity index (χ1) is 7.37. The SMILES string of the molecule is CC(S)n1c(=O)n(S)c2c1n(S)c(=O)n2S. The molecule has 0 amide bonds. The van der Waals surface area contributed by atoms with Gasteiger partial charge in [-0.1, -0.05) is 38.4 Å². The van der Waals surface area contributed by atoms with Crippen molar-refractivity contribution in [1.82, 2.24) is 16.5 Å². The first-order valence-electron chi connectivity index (χ1n) is 4.14. The van der Waals surface area contributed by atoms with Crippen LogP contribution in [0.25, 0.3) is 11.3 Å². The molecule has 2 heterocycles. The highest BCUT2D eigenvalue weighted by Gasteiger charge is 2.22. The molecule has 0 spiro atoms. The molecule has 0 fully saturated rings. The molecule has 0 aliphatic carbocycles. The maximum Gasteiger partial charge on any atom is 0.351 e. The molecule has 0 aromatic carbocycles. The van der Waals surface area contributed by atoms with Gasteiger partial charge in [0.05, 0.1) is 5.37 Å². The maximum atomic E-state index is 11.8. The minimum absolute atomic E-state index is 0.262. The van der Waals surface area contributed by atoms with E-state index < -0.39 is 16.8 Å². The van der Waals surface area contributed by atoms with Crippen LogP contribution in [0, 0.1) is 0 Å². The minimum Gasteiger partial charge on any atom is -0.263 e. The zero-order chi connectivity index (χ0) is 12.2. The van der Waals surface area contributed by atoms with Gasteiger partial charge in [0.1, 0.15) is 0 Å². The van der Waals surface area contributed by atoms with Gasteiger partial charge in [-0.15, -0.1) is 0 Å². The number of fused-ring (bicyclic) bond motifs is 1. The van der Waals surface area contributed by atoms with Crippen molar-refractivity contribution in [2.24, 2.45) is 0 Å². The second-order valence-corrected chi connectivity index (χ2v) is 5.10. The van der Waals surface area contributed by atoms with Crippen molar-refractivity contribution in [2.45, 2.75) is 12.3 Å². The predicted molar refractivity (Wildman–Crippen MR) is 75.3 cm³/mol. The number of nitrogens with zero attached hydrogens (tertiary/aromatic N) is 4. The van der Waals surface area contributed by atoms with Crippen LogP contribution in [0.5, 0.6) is 0 Å². The Labute approximate surface area is 112 Å². The summed E-state index contributed by atoms with van der Waals surface area (Å²) in [4.78, 5) is 23.4. The number of rotatable bonds is 1. The van der Waals surface area contributed by atoms with Gasteiger partial charge in [0.2, 0.25) is 0 Å². The molecule has 0 saturated heterocycles. The molecule has 0 aliphatic rings. The van der Waals surface area contributed by atoms with E-state index in [1.807, 2.05) is 0 Å². The summed E-state index contributed by atoms with van der Waals surface area (Å²) in [6, 6.07) is 0. The van der Waals surface area contributed by atoms with E-state index in [0.717, 1.165) is 11.9 Å². The summed E-state index contributed by atoms with van der Waals surface area (Å²) in [7, 11) is 0. The lowest BCUT2D eigenvalue weighted by Crippen LogP contribution is -2.25. The summed E-state index contributed by atoms with van der Waals surface area (Å²) in [6.07, 6.45) is 0. The Morgan fingerprint density at radius 3 is 1.88 bits per heavy atom. The van der Waals surface area contributed by atoms with Gasteiger partial charge >= 0.3 is 11.4 Å². The quantitative estimate of drug-likeness (QED) is 0.572. The van der Waals surface area contributed by atoms with E-state index in [1.165, 1.54) is 4.57 Å². The van der Waals surface area contributed by atoms with E-state index in [4.69, 9.17) is 0 Å². The molecule has 16 heavy (non-hydrogen) atoms. The summed E-state index contributed by atoms with van der Waals surface area (Å²) in [5, 5.41) is -0.406. The van der Waals surface area contributed by atoms with Crippen LogP contribution in [0.2, 0.25) is 0 Å². The Balaban J connectivity index is 3.14. The Hall–Kier alpha value is -0.320. The average molecular weight is 296 g/mol. The van der Waals surface area contributed by atoms with Crippen LogP contribution in [0.4, 0.5) is 0 Å². The van der Waals surface area contributed by atoms with E-state index in [9.17, 15) is 9.59 Å². The third-order valence-corrected chi connectivity index (χ3v) is 3.47. The highest BCUT2D eigenvalue weighted by atomic mass is 32.1. The molecule has 1 unspecified atom stereocenters. The smallest absolute Gasteiger partial charge is 0.263 e. The number of hydrogen-bond donors (Lipinski definition) is 4. The van der Waals surface area contributed by atoms with Crippen LogP contribution in [0.15, 0.2) is 9.59 Å². The van der Waals surface area contributed by atoms with Crippen LogP contribution in [0.3, 0.4) is 0 Å². The summed E-state index contributed by atoms with van der Waals surface area (Å²) in [5.41, 5.74) is -0.299. The van der Waals surface area contributed by atoms with Crippen LogP contribution < -0.4 is 11.4 Å². The zero-order valence-electron chi connectivity index (χ0n) is 7.97. The first kappa shape index (κ1) is 12.1. The summed E-state index contributed by atoms with van der Waals surface area (Å²) in [5.74, 6) is 0. The topological polar surface area (TPSA) is 53.9 Å². The van der Waals surface area contributed by atoms with E-state index in [-0.39, 0.29) is 5.65 Å². The molecular formula is C6H8N4O2S4. The Kier molecular flexibility index (Phi) is 2.93. The Morgan fingerprint density at radius 2 is 1.38 bits per heavy atom. The monoisotopic (exact) mass is 296 g/mol. The molecule has 2 aromatic heterocycles. The molecule has 0 aliphatic heterocycles. The van der Waals surface area contributed by atoms with Gasteiger partial charge in [-0.2, -0.15) is 12.6 Å². The normalized spacial score (nSPS) is 13.6. The van der Waals surface area contributed by atoms with Gasteiger partial charge in [0.25, 0.3) is 0 Å². The van der Waals surface area contributed by atoms with Crippen LogP contribution in [0.1, 0.15) is 12.3 Å². The highest BCUT2D eigenvalue weighted by Crippen LogP contribution is 2.20. The van der Waals surface area contributed by atoms with E-state index in [0.29, 0.717) is 5.65 Å². The lowest BCUT2D eigenvalue weighted by Gasteiger charge is -2.04. The zero-order valence-corrected chi connectivity index (χ0v) is 11.5. The minimum atomic E-state index is -0.470. The van der Waals surface area contributed by atoms with Crippen LogP contribution in [-0.2, 0) is 0 Å². The standard InChI is InChI=1S/C6H8N4O2S4/c1-2(13)7-3-4(9(15)5(7)11)10(16)6(12)8(3)14/h2,13-16H,1H3. The van der Waals surface area contributed by atoms with Crippen molar-refractivity contribution in [3.8, 4) is 0 Å². The fourth-order valence-corrected chi connectivity index (χ4v) is 2.64. The molecule has 0 radical (unpaired) electrons. The first-order valence-corrected chi connectivity index (χ1v) is 5.86. The number of hydrogen-bond acceptors (Lipinski definition) is 6. The second-order valence-electron chi connectivity index (χ2n) is 3.15. The second kappa shape index (κ2) is 3.86. The lowest BCUT2D eigenvalue weighted by atomic mass is 10.6. The number of imidazole rings is 2. The predicted octanol–water partition coefficient (Wildman–Crippen LogP) is 0.293. The van der Waals surface area contributed by atoms with Gasteiger partial charge in [-0.05, 0) is 6.92 Å². The van der Waals surface area contributed by atoms with Crippen molar-refractivity contribution in [3.05, 3.63) is 21.0 Å². The van der Waals surface area contributed by atoms with Gasteiger partial charge in [0, 0.05) is 0 Å². The molecule has 10 heteroatoms. The lowest BCUT2D eigenvalue weighted by molar-refractivity contribution is 0.720. The number of thiol groups is 4. The Morgan fingerprint density at radius 1 is 0.938 bits per heavy atom. The fourth-order valence-electron chi connectivity index (χ4n) is 1.47. The third kappa shape index (κ3) is 1.40. The van der Waals surface area contributed by atoms with E-state index in [1.54, 1.807) is 6.92 Å². The van der Waals surface area contributed by atoms with Crippen LogP contribution in [-0.4, -0.2) is 16.5 Å². The van der Waals surface area contributed by atoms with Gasteiger partial charge < -0.3 is 0 Å². The van der Waals surface area contributed by atoms with Crippen molar-refractivity contribution in [3.63, 3.8) is 0 Å². The van der Waals surface area contributed by atoms with Crippen LogP contribution >= 0.6 is 51.1 Å². The van der Waals surface area contributed by atoms with Gasteiger partial charge in [0.15, 0.2) is 11.3 Å². The van der Waals surface area contributed by atoms with E-state index in [2.05, 4.69) is 51.1 Å². The Bertz CT molecular complexity index is 675. The molecule has 0 saturated carbocycles. The molecule has 2 aromatic rings. The van der Waals surface area contributed by atoms with Crippen molar-refractivity contribution in [1.29, 1.82) is 0 Å². The van der Waals surface area contributed by atoms with Crippen molar-refractivity contribution >= 4 is 62.4 Å². The summed E-state index contributed by atoms with van der Waals surface area (Å²) in [6.45, 7) is 1.70. The molecule has 2 rings (SSSR count). The van der Waals surface area contributed by atoms with Crippen molar-refractivity contribution < 1.29 is 0 Å². The molecule has 0 N–H and O–H groups in total.